The maximum Gasteiger partial charge on any atom is 0.230 e. The van der Waals surface area contributed by atoms with Crippen molar-refractivity contribution in [1.82, 2.24) is 15.0 Å². The molecule has 0 spiro atoms. The number of rotatable bonds is 5. The molecule has 1 aromatic heterocycles. The highest BCUT2D eigenvalue weighted by atomic mass is 16.5. The molecule has 30 heavy (non-hydrogen) atoms. The fraction of sp³-hybridized carbons (Fsp3) is 0.625. The van der Waals surface area contributed by atoms with Crippen LogP contribution >= 0.6 is 0 Å². The summed E-state index contributed by atoms with van der Waals surface area (Å²) in [5, 5.41) is 4.45. The number of fused-ring (bicyclic) bond motifs is 2. The third kappa shape index (κ3) is 2.72. The lowest BCUT2D eigenvalue weighted by Crippen LogP contribution is -2.39. The Bertz CT molecular complexity index is 943. The first-order valence-corrected chi connectivity index (χ1v) is 11.5. The fourth-order valence-corrected chi connectivity index (χ4v) is 6.39. The molecule has 2 heterocycles. The molecule has 0 unspecified atom stereocenters. The standard InChI is InChI=1S/C24H29N3O3/c1-29-18-8-6-17(7-9-18)24(10-11-24)23-25-21(30-26-23)19-15-4-5-16(14-15)20(19)22(28)27-12-2-3-13-27/h6-9,15-16,19-20H,2-5,10-14H2,1H3/t15-,16+,19+,20+/m1/s1. The Morgan fingerprint density at radius 3 is 2.57 bits per heavy atom. The van der Waals surface area contributed by atoms with Crippen LogP contribution in [0.25, 0.3) is 0 Å². The highest BCUT2D eigenvalue weighted by Crippen LogP contribution is 2.58. The van der Waals surface area contributed by atoms with E-state index in [4.69, 9.17) is 14.2 Å². The topological polar surface area (TPSA) is 68.5 Å². The highest BCUT2D eigenvalue weighted by molar-refractivity contribution is 5.81. The van der Waals surface area contributed by atoms with Gasteiger partial charge in [-0.25, -0.2) is 0 Å². The summed E-state index contributed by atoms with van der Waals surface area (Å²) in [6.45, 7) is 1.82. The molecule has 0 radical (unpaired) electrons. The molecule has 1 amide bonds. The third-order valence-corrected chi connectivity index (χ3v) is 8.17. The van der Waals surface area contributed by atoms with Crippen LogP contribution in [-0.4, -0.2) is 41.1 Å². The Hall–Kier alpha value is -2.37. The van der Waals surface area contributed by atoms with Crippen LogP contribution < -0.4 is 4.74 Å². The van der Waals surface area contributed by atoms with Gasteiger partial charge in [0.05, 0.1) is 24.4 Å². The summed E-state index contributed by atoms with van der Waals surface area (Å²) in [6, 6.07) is 8.21. The quantitative estimate of drug-likeness (QED) is 0.752. The maximum atomic E-state index is 13.3. The third-order valence-electron chi connectivity index (χ3n) is 8.17. The number of carbonyl (C=O) groups excluding carboxylic acids is 1. The Morgan fingerprint density at radius 2 is 1.87 bits per heavy atom. The minimum absolute atomic E-state index is 0.0336. The second kappa shape index (κ2) is 6.82. The number of methoxy groups -OCH3 is 1. The van der Waals surface area contributed by atoms with Gasteiger partial charge in [0, 0.05) is 13.1 Å². The van der Waals surface area contributed by atoms with Crippen molar-refractivity contribution in [1.29, 1.82) is 0 Å². The molecule has 4 atom stereocenters. The van der Waals surface area contributed by atoms with Crippen LogP contribution in [0.15, 0.2) is 28.8 Å². The van der Waals surface area contributed by atoms with Gasteiger partial charge in [-0.15, -0.1) is 0 Å². The van der Waals surface area contributed by atoms with E-state index >= 15 is 0 Å². The van der Waals surface area contributed by atoms with Gasteiger partial charge in [0.1, 0.15) is 5.75 Å². The first kappa shape index (κ1) is 18.4. The Kier molecular flexibility index (Phi) is 4.19. The number of benzene rings is 1. The monoisotopic (exact) mass is 407 g/mol. The lowest BCUT2D eigenvalue weighted by molar-refractivity contribution is -0.137. The van der Waals surface area contributed by atoms with Crippen LogP contribution in [0.5, 0.6) is 5.75 Å². The number of amides is 1. The van der Waals surface area contributed by atoms with E-state index in [1.165, 1.54) is 18.4 Å². The van der Waals surface area contributed by atoms with E-state index in [1.54, 1.807) is 7.11 Å². The largest absolute Gasteiger partial charge is 0.497 e. The average Bonchev–Trinajstić information content (AvgIpc) is 3.29. The van der Waals surface area contributed by atoms with E-state index in [-0.39, 0.29) is 17.3 Å². The van der Waals surface area contributed by atoms with Crippen molar-refractivity contribution in [2.75, 3.05) is 20.2 Å². The molecule has 1 aromatic carbocycles. The molecule has 2 bridgehead atoms. The number of carbonyl (C=O) groups is 1. The Balaban J connectivity index is 1.29. The maximum absolute atomic E-state index is 13.3. The molecule has 6 nitrogen and oxygen atoms in total. The average molecular weight is 408 g/mol. The van der Waals surface area contributed by atoms with Gasteiger partial charge < -0.3 is 14.2 Å². The Labute approximate surface area is 177 Å². The molecule has 2 aromatic rings. The molecule has 1 saturated heterocycles. The lowest BCUT2D eigenvalue weighted by Gasteiger charge is -2.30. The normalized spacial score (nSPS) is 31.3. The predicted molar refractivity (Wildman–Crippen MR) is 110 cm³/mol. The van der Waals surface area contributed by atoms with Crippen molar-refractivity contribution in [2.45, 2.75) is 56.3 Å². The molecule has 3 aliphatic carbocycles. The van der Waals surface area contributed by atoms with Crippen molar-refractivity contribution < 1.29 is 14.1 Å². The van der Waals surface area contributed by atoms with Crippen molar-refractivity contribution in [3.63, 3.8) is 0 Å². The smallest absolute Gasteiger partial charge is 0.230 e. The number of likely N-dealkylation sites (tertiary alicyclic amines) is 1. The second-order valence-corrected chi connectivity index (χ2v) is 9.68. The molecule has 6 rings (SSSR count). The fourth-order valence-electron chi connectivity index (χ4n) is 6.39. The molecule has 6 heteroatoms. The van der Waals surface area contributed by atoms with Crippen LogP contribution in [0.4, 0.5) is 0 Å². The van der Waals surface area contributed by atoms with Crippen LogP contribution in [0.1, 0.15) is 68.1 Å². The van der Waals surface area contributed by atoms with Gasteiger partial charge in [0.25, 0.3) is 0 Å². The van der Waals surface area contributed by atoms with Gasteiger partial charge in [-0.2, -0.15) is 4.98 Å². The van der Waals surface area contributed by atoms with E-state index in [2.05, 4.69) is 22.2 Å². The Morgan fingerprint density at radius 1 is 1.13 bits per heavy atom. The molecular weight excluding hydrogens is 378 g/mol. The molecule has 4 aliphatic rings. The summed E-state index contributed by atoms with van der Waals surface area (Å²) in [4.78, 5) is 20.4. The summed E-state index contributed by atoms with van der Waals surface area (Å²) in [6.07, 6.45) is 7.81. The van der Waals surface area contributed by atoms with E-state index in [0.29, 0.717) is 23.6 Å². The van der Waals surface area contributed by atoms with Gasteiger partial charge in [-0.05, 0) is 74.5 Å². The number of aromatic nitrogens is 2. The molecule has 1 aliphatic heterocycles. The van der Waals surface area contributed by atoms with Gasteiger partial charge in [0.2, 0.25) is 11.8 Å². The van der Waals surface area contributed by atoms with Crippen molar-refractivity contribution in [3.05, 3.63) is 41.5 Å². The lowest BCUT2D eigenvalue weighted by atomic mass is 9.78. The van der Waals surface area contributed by atoms with Crippen molar-refractivity contribution >= 4 is 5.91 Å². The number of ether oxygens (including phenoxy) is 1. The SMILES string of the molecule is COc1ccc(C2(c3noc([C@H]4[C@@H]5CC[C@@H](C5)[C@@H]4C(=O)N4CCCC4)n3)CC2)cc1. The molecule has 3 saturated carbocycles. The van der Waals surface area contributed by atoms with Crippen molar-refractivity contribution in [2.24, 2.45) is 17.8 Å². The second-order valence-electron chi connectivity index (χ2n) is 9.68. The zero-order valence-electron chi connectivity index (χ0n) is 17.5. The van der Waals surface area contributed by atoms with E-state index in [9.17, 15) is 4.79 Å². The number of hydrogen-bond acceptors (Lipinski definition) is 5. The van der Waals surface area contributed by atoms with Gasteiger partial charge in [0.15, 0.2) is 5.82 Å². The summed E-state index contributed by atoms with van der Waals surface area (Å²) in [5.74, 6) is 3.81. The zero-order chi connectivity index (χ0) is 20.3. The summed E-state index contributed by atoms with van der Waals surface area (Å²) in [7, 11) is 1.68. The van der Waals surface area contributed by atoms with Crippen molar-refractivity contribution in [3.8, 4) is 5.75 Å². The van der Waals surface area contributed by atoms with Gasteiger partial charge >= 0.3 is 0 Å². The first-order chi connectivity index (χ1) is 14.7. The summed E-state index contributed by atoms with van der Waals surface area (Å²) < 4.78 is 11.2. The van der Waals surface area contributed by atoms with E-state index in [1.807, 2.05) is 12.1 Å². The number of nitrogens with zero attached hydrogens (tertiary/aromatic N) is 3. The highest BCUT2D eigenvalue weighted by Gasteiger charge is 2.56. The van der Waals surface area contributed by atoms with E-state index < -0.39 is 0 Å². The van der Waals surface area contributed by atoms with E-state index in [0.717, 1.165) is 56.8 Å². The van der Waals surface area contributed by atoms with Crippen LogP contribution in [0, 0.1) is 17.8 Å². The molecular formula is C24H29N3O3. The summed E-state index contributed by atoms with van der Waals surface area (Å²) in [5.41, 5.74) is 1.08. The molecule has 158 valence electrons. The van der Waals surface area contributed by atoms with Crippen LogP contribution in [0.3, 0.4) is 0 Å². The minimum atomic E-state index is -0.139. The van der Waals surface area contributed by atoms with Gasteiger partial charge in [-0.1, -0.05) is 17.3 Å². The zero-order valence-corrected chi connectivity index (χ0v) is 17.5. The first-order valence-electron chi connectivity index (χ1n) is 11.5. The molecule has 4 fully saturated rings. The summed E-state index contributed by atoms with van der Waals surface area (Å²) >= 11 is 0. The molecule has 0 N–H and O–H groups in total. The van der Waals surface area contributed by atoms with Crippen LogP contribution in [-0.2, 0) is 10.2 Å². The van der Waals surface area contributed by atoms with Crippen LogP contribution in [0.2, 0.25) is 0 Å². The minimum Gasteiger partial charge on any atom is -0.497 e. The number of hydrogen-bond donors (Lipinski definition) is 0. The van der Waals surface area contributed by atoms with Gasteiger partial charge in [-0.3, -0.25) is 4.79 Å². The predicted octanol–water partition coefficient (Wildman–Crippen LogP) is 3.91.